The lowest BCUT2D eigenvalue weighted by Gasteiger charge is -2.30. The smallest absolute Gasteiger partial charge is 0.222 e. The molecule has 10 heteroatoms. The van der Waals surface area contributed by atoms with Gasteiger partial charge in [0, 0.05) is 18.7 Å². The van der Waals surface area contributed by atoms with Crippen LogP contribution in [0.1, 0.15) is 52.5 Å². The van der Waals surface area contributed by atoms with Crippen LogP contribution in [0.3, 0.4) is 0 Å². The Morgan fingerprint density at radius 1 is 1.18 bits per heavy atom. The summed E-state index contributed by atoms with van der Waals surface area (Å²) in [5.41, 5.74) is -0.312. The first kappa shape index (κ1) is 34.2. The summed E-state index contributed by atoms with van der Waals surface area (Å²) < 4.78 is 45.1. The van der Waals surface area contributed by atoms with E-state index in [2.05, 4.69) is 33.3 Å². The minimum absolute atomic E-state index is 0.0232. The van der Waals surface area contributed by atoms with Crippen LogP contribution in [0.2, 0.25) is 0 Å². The topological polar surface area (TPSA) is 83.7 Å². The average molecular weight is 554 g/mol. The van der Waals surface area contributed by atoms with Crippen molar-refractivity contribution in [3.8, 4) is 0 Å². The second kappa shape index (κ2) is 18.5. The van der Waals surface area contributed by atoms with Crippen LogP contribution in [0.4, 0.5) is 13.2 Å². The summed E-state index contributed by atoms with van der Waals surface area (Å²) in [7, 11) is 0.500. The Morgan fingerprint density at radius 3 is 2.41 bits per heavy atom. The maximum Gasteiger partial charge on any atom is 0.222 e. The highest BCUT2D eigenvalue weighted by atomic mass is 19.1. The highest BCUT2D eigenvalue weighted by Crippen LogP contribution is 2.22. The molecule has 7 nitrogen and oxygen atoms in total. The largest absolute Gasteiger partial charge is 0.442 e. The average Bonchev–Trinajstić information content (AvgIpc) is 2.95. The number of alkyl halides is 2. The van der Waals surface area contributed by atoms with Crippen molar-refractivity contribution in [3.05, 3.63) is 76.7 Å². The number of aliphatic hydroxyl groups excluding tert-OH is 1. The Labute approximate surface area is 230 Å². The fourth-order valence-electron chi connectivity index (χ4n) is 3.83. The molecular formula is C29H42F3N3O4. The zero-order valence-electron chi connectivity index (χ0n) is 23.5. The van der Waals surface area contributed by atoms with E-state index in [1.165, 1.54) is 19.1 Å². The van der Waals surface area contributed by atoms with Crippen LogP contribution in [-0.4, -0.2) is 73.4 Å². The zero-order chi connectivity index (χ0) is 29.3. The molecule has 0 radical (unpaired) electrons. The molecule has 0 spiro atoms. The van der Waals surface area contributed by atoms with Crippen molar-refractivity contribution in [2.45, 2.75) is 70.9 Å². The molecule has 0 fully saturated rings. The molecule has 2 heterocycles. The molecule has 2 aliphatic heterocycles. The van der Waals surface area contributed by atoms with Gasteiger partial charge < -0.3 is 14.6 Å². The van der Waals surface area contributed by atoms with Crippen molar-refractivity contribution >= 4 is 5.90 Å². The summed E-state index contributed by atoms with van der Waals surface area (Å²) in [5, 5.41) is 12.5. The van der Waals surface area contributed by atoms with Crippen LogP contribution >= 0.6 is 0 Å². The summed E-state index contributed by atoms with van der Waals surface area (Å²) in [4.78, 5) is 17.6. The van der Waals surface area contributed by atoms with Crippen LogP contribution in [-0.2, 0) is 9.47 Å². The SMILES string of the molecule is CC1C=C(CN2CC/C=C/CC(OC(C)(C)C(O)N=O)/C=C/CC2)OC(c2ccc(F)cc2)=N1.CCF.CF. The Bertz CT molecular complexity index is 965. The number of nitroso groups, excluding NO2 is 1. The predicted octanol–water partition coefficient (Wildman–Crippen LogP) is 6.28. The lowest BCUT2D eigenvalue weighted by Crippen LogP contribution is -2.40. The highest BCUT2D eigenvalue weighted by Gasteiger charge is 2.32. The number of hydrogen-bond acceptors (Lipinski definition) is 7. The predicted molar refractivity (Wildman–Crippen MR) is 150 cm³/mol. The molecule has 1 aromatic carbocycles. The first-order chi connectivity index (χ1) is 18.7. The van der Waals surface area contributed by atoms with Gasteiger partial charge in [0.15, 0.2) is 0 Å². The third-order valence-corrected chi connectivity index (χ3v) is 5.73. The van der Waals surface area contributed by atoms with Crippen LogP contribution in [0.5, 0.6) is 0 Å². The fourth-order valence-corrected chi connectivity index (χ4v) is 3.83. The number of ether oxygens (including phenoxy) is 2. The minimum atomic E-state index is -1.42. The summed E-state index contributed by atoms with van der Waals surface area (Å²) in [5.74, 6) is 1.06. The van der Waals surface area contributed by atoms with Gasteiger partial charge in [0.05, 0.1) is 32.5 Å². The number of nitrogens with zero attached hydrogens (tertiary/aromatic N) is 3. The third kappa shape index (κ3) is 12.7. The number of hydrogen-bond donors (Lipinski definition) is 1. The first-order valence-corrected chi connectivity index (χ1v) is 13.1. The molecule has 1 N–H and O–H groups in total. The van der Waals surface area contributed by atoms with Gasteiger partial charge in [0.2, 0.25) is 12.1 Å². The minimum Gasteiger partial charge on any atom is -0.442 e. The summed E-state index contributed by atoms with van der Waals surface area (Å²) in [6.45, 7) is 8.88. The Hall–Kier alpha value is -2.82. The Morgan fingerprint density at radius 2 is 1.79 bits per heavy atom. The number of aliphatic imine (C=N–C) groups is 1. The van der Waals surface area contributed by atoms with Crippen molar-refractivity contribution in [2.75, 3.05) is 33.5 Å². The third-order valence-electron chi connectivity index (χ3n) is 5.73. The summed E-state index contributed by atoms with van der Waals surface area (Å²) in [6, 6.07) is 6.15. The molecule has 0 aliphatic carbocycles. The fraction of sp³-hybridized carbons (Fsp3) is 0.552. The second-order valence-corrected chi connectivity index (χ2v) is 9.41. The quantitative estimate of drug-likeness (QED) is 0.317. The zero-order valence-corrected chi connectivity index (χ0v) is 23.5. The number of rotatable bonds is 7. The van der Waals surface area contributed by atoms with E-state index in [4.69, 9.17) is 9.47 Å². The van der Waals surface area contributed by atoms with Gasteiger partial charge in [0.25, 0.3) is 0 Å². The van der Waals surface area contributed by atoms with Crippen molar-refractivity contribution in [1.29, 1.82) is 0 Å². The number of aliphatic hydroxyl groups is 1. The molecule has 0 bridgehead atoms. The molecule has 1 aromatic rings. The van der Waals surface area contributed by atoms with Gasteiger partial charge in [0.1, 0.15) is 17.2 Å². The van der Waals surface area contributed by atoms with E-state index >= 15 is 0 Å². The van der Waals surface area contributed by atoms with Gasteiger partial charge in [-0.15, -0.1) is 4.91 Å². The summed E-state index contributed by atoms with van der Waals surface area (Å²) in [6.07, 6.45) is 10.9. The molecule has 3 atom stereocenters. The molecular weight excluding hydrogens is 511 g/mol. The molecule has 0 amide bonds. The maximum atomic E-state index is 13.3. The van der Waals surface area contributed by atoms with Gasteiger partial charge in [-0.25, -0.2) is 9.38 Å². The molecule has 3 unspecified atom stereocenters. The molecule has 0 saturated carbocycles. The van der Waals surface area contributed by atoms with Crippen molar-refractivity contribution in [1.82, 2.24) is 4.90 Å². The van der Waals surface area contributed by atoms with Crippen molar-refractivity contribution in [3.63, 3.8) is 0 Å². The van der Waals surface area contributed by atoms with Crippen molar-refractivity contribution in [2.24, 2.45) is 10.2 Å². The number of benzene rings is 1. The lowest BCUT2D eigenvalue weighted by atomic mass is 10.1. The molecule has 3 rings (SSSR count). The van der Waals surface area contributed by atoms with Crippen LogP contribution in [0.15, 0.2) is 70.6 Å². The van der Waals surface area contributed by atoms with Crippen LogP contribution in [0, 0.1) is 10.7 Å². The van der Waals surface area contributed by atoms with E-state index < -0.39 is 11.8 Å². The Balaban J connectivity index is 0.00000142. The van der Waals surface area contributed by atoms with Gasteiger partial charge >= 0.3 is 0 Å². The monoisotopic (exact) mass is 553 g/mol. The molecule has 0 aromatic heterocycles. The summed E-state index contributed by atoms with van der Waals surface area (Å²) >= 11 is 0. The van der Waals surface area contributed by atoms with Gasteiger partial charge in [-0.05, 0) is 82.5 Å². The standard InChI is InChI=1S/C26H34FN3O4.C2H5F.CH3F/c1-19-17-23(33-24(28-19)20-11-13-21(27)14-12-20)18-30-15-7-4-5-9-22(10-6-8-16-30)34-26(2,3)25(31)29-32;1-2-3;1-2/h4-6,10-14,17,19,22,25,31H,7-9,15-16,18H2,1-3H3;2H2,1H3;1H3/b5-4+,10-6+;;. The maximum absolute atomic E-state index is 13.3. The molecule has 0 saturated heterocycles. The lowest BCUT2D eigenvalue weighted by molar-refractivity contribution is -0.118. The van der Waals surface area contributed by atoms with E-state index in [0.717, 1.165) is 37.3 Å². The van der Waals surface area contributed by atoms with E-state index in [0.29, 0.717) is 26.0 Å². The van der Waals surface area contributed by atoms with E-state index in [9.17, 15) is 23.2 Å². The second-order valence-electron chi connectivity index (χ2n) is 9.41. The molecule has 218 valence electrons. The normalized spacial score (nSPS) is 22.6. The van der Waals surface area contributed by atoms with Crippen molar-refractivity contribution < 1.29 is 27.8 Å². The van der Waals surface area contributed by atoms with Crippen LogP contribution < -0.4 is 0 Å². The Kier molecular flexibility index (Phi) is 16.2. The van der Waals surface area contributed by atoms with Gasteiger partial charge in [-0.2, -0.15) is 0 Å². The van der Waals surface area contributed by atoms with Gasteiger partial charge in [-0.1, -0.05) is 24.3 Å². The van der Waals surface area contributed by atoms with E-state index in [1.807, 2.05) is 19.1 Å². The van der Waals surface area contributed by atoms with Crippen LogP contribution in [0.25, 0.3) is 0 Å². The first-order valence-electron chi connectivity index (χ1n) is 13.1. The van der Waals surface area contributed by atoms with E-state index in [1.54, 1.807) is 26.0 Å². The highest BCUT2D eigenvalue weighted by molar-refractivity contribution is 5.95. The molecule has 39 heavy (non-hydrogen) atoms. The van der Waals surface area contributed by atoms with E-state index in [-0.39, 0.29) is 24.6 Å². The molecule has 2 aliphatic rings. The van der Waals surface area contributed by atoms with Gasteiger partial charge in [-0.3, -0.25) is 13.7 Å². The number of halogens is 3.